The van der Waals surface area contributed by atoms with Gasteiger partial charge in [-0.05, 0) is 40.5 Å². The first-order chi connectivity index (χ1) is 7.06. The number of carbonyl (C=O) groups is 1. The van der Waals surface area contributed by atoms with E-state index in [1.807, 2.05) is 0 Å². The third kappa shape index (κ3) is 3.00. The zero-order valence-corrected chi connectivity index (χ0v) is 9.75. The summed E-state index contributed by atoms with van der Waals surface area (Å²) in [7, 11) is 0. The van der Waals surface area contributed by atoms with Gasteiger partial charge in [0.15, 0.2) is 0 Å². The van der Waals surface area contributed by atoms with Crippen LogP contribution in [-0.4, -0.2) is 12.6 Å². The molecule has 5 heteroatoms. The van der Waals surface area contributed by atoms with Crippen LogP contribution in [0, 0.1) is 5.82 Å². The van der Waals surface area contributed by atoms with Gasteiger partial charge < -0.3 is 10.5 Å². The Morgan fingerprint density at radius 1 is 1.67 bits per heavy atom. The SMILES string of the molecule is CCOC(=O)C(N)c1ccc(Br)c(F)c1. The lowest BCUT2D eigenvalue weighted by molar-refractivity contribution is -0.144. The lowest BCUT2D eigenvalue weighted by Gasteiger charge is -2.10. The van der Waals surface area contributed by atoms with Crippen molar-refractivity contribution >= 4 is 21.9 Å². The van der Waals surface area contributed by atoms with Crippen LogP contribution >= 0.6 is 15.9 Å². The van der Waals surface area contributed by atoms with Gasteiger partial charge in [-0.25, -0.2) is 9.18 Å². The molecule has 0 saturated heterocycles. The molecule has 0 saturated carbocycles. The molecule has 0 fully saturated rings. The van der Waals surface area contributed by atoms with E-state index in [9.17, 15) is 9.18 Å². The van der Waals surface area contributed by atoms with Gasteiger partial charge in [0.05, 0.1) is 11.1 Å². The van der Waals surface area contributed by atoms with Crippen LogP contribution in [0.3, 0.4) is 0 Å². The van der Waals surface area contributed by atoms with Gasteiger partial charge in [-0.3, -0.25) is 0 Å². The highest BCUT2D eigenvalue weighted by Gasteiger charge is 2.17. The fourth-order valence-corrected chi connectivity index (χ4v) is 1.32. The summed E-state index contributed by atoms with van der Waals surface area (Å²) in [6, 6.07) is 3.36. The van der Waals surface area contributed by atoms with E-state index in [0.29, 0.717) is 10.0 Å². The summed E-state index contributed by atoms with van der Waals surface area (Å²) in [4.78, 5) is 11.3. The van der Waals surface area contributed by atoms with Gasteiger partial charge in [0, 0.05) is 0 Å². The Balaban J connectivity index is 2.86. The molecule has 0 bridgehead atoms. The molecule has 0 aliphatic rings. The molecule has 0 radical (unpaired) electrons. The van der Waals surface area contributed by atoms with E-state index >= 15 is 0 Å². The highest BCUT2D eigenvalue weighted by atomic mass is 79.9. The summed E-state index contributed by atoms with van der Waals surface area (Å²) in [6.45, 7) is 1.94. The third-order valence-corrected chi connectivity index (χ3v) is 2.49. The number of esters is 1. The molecule has 0 amide bonds. The van der Waals surface area contributed by atoms with Crippen LogP contribution in [0.2, 0.25) is 0 Å². The smallest absolute Gasteiger partial charge is 0.327 e. The summed E-state index contributed by atoms with van der Waals surface area (Å²) >= 11 is 3.01. The number of halogens is 2. The van der Waals surface area contributed by atoms with Crippen molar-refractivity contribution in [3.05, 3.63) is 34.1 Å². The third-order valence-electron chi connectivity index (χ3n) is 1.84. The maximum Gasteiger partial charge on any atom is 0.327 e. The molecule has 15 heavy (non-hydrogen) atoms. The Bertz CT molecular complexity index is 370. The molecule has 3 nitrogen and oxygen atoms in total. The van der Waals surface area contributed by atoms with Crippen molar-refractivity contribution in [2.75, 3.05) is 6.61 Å². The fraction of sp³-hybridized carbons (Fsp3) is 0.300. The summed E-state index contributed by atoms with van der Waals surface area (Å²) in [5.41, 5.74) is 5.98. The average molecular weight is 276 g/mol. The van der Waals surface area contributed by atoms with Crippen LogP contribution in [0.1, 0.15) is 18.5 Å². The molecule has 0 spiro atoms. The van der Waals surface area contributed by atoms with Crippen molar-refractivity contribution in [2.24, 2.45) is 5.73 Å². The quantitative estimate of drug-likeness (QED) is 0.860. The molecule has 0 heterocycles. The predicted molar refractivity (Wildman–Crippen MR) is 57.7 cm³/mol. The predicted octanol–water partition coefficient (Wildman–Crippen LogP) is 2.15. The summed E-state index contributed by atoms with van der Waals surface area (Å²) in [5.74, 6) is -1.01. The number of benzene rings is 1. The number of hydrogen-bond donors (Lipinski definition) is 1. The van der Waals surface area contributed by atoms with E-state index in [1.165, 1.54) is 12.1 Å². The molecule has 1 rings (SSSR count). The van der Waals surface area contributed by atoms with E-state index in [2.05, 4.69) is 15.9 Å². The Labute approximate surface area is 95.5 Å². The normalized spacial score (nSPS) is 12.3. The minimum Gasteiger partial charge on any atom is -0.465 e. The van der Waals surface area contributed by atoms with Crippen molar-refractivity contribution in [1.82, 2.24) is 0 Å². The van der Waals surface area contributed by atoms with Crippen molar-refractivity contribution in [3.63, 3.8) is 0 Å². The number of nitrogens with two attached hydrogens (primary N) is 1. The second-order valence-electron chi connectivity index (χ2n) is 2.90. The summed E-state index contributed by atoms with van der Waals surface area (Å²) in [6.07, 6.45) is 0. The number of carbonyl (C=O) groups excluding carboxylic acids is 1. The molecule has 0 aliphatic heterocycles. The van der Waals surface area contributed by atoms with Crippen LogP contribution in [0.4, 0.5) is 4.39 Å². The summed E-state index contributed by atoms with van der Waals surface area (Å²) in [5, 5.41) is 0. The van der Waals surface area contributed by atoms with Crippen molar-refractivity contribution in [2.45, 2.75) is 13.0 Å². The molecule has 1 aromatic carbocycles. The van der Waals surface area contributed by atoms with Gasteiger partial charge in [-0.15, -0.1) is 0 Å². The van der Waals surface area contributed by atoms with Gasteiger partial charge in [0.1, 0.15) is 11.9 Å². The van der Waals surface area contributed by atoms with E-state index in [-0.39, 0.29) is 6.61 Å². The molecule has 1 aromatic rings. The first-order valence-electron chi connectivity index (χ1n) is 4.43. The minimum absolute atomic E-state index is 0.255. The zero-order valence-electron chi connectivity index (χ0n) is 8.17. The van der Waals surface area contributed by atoms with Crippen LogP contribution in [-0.2, 0) is 9.53 Å². The molecular weight excluding hydrogens is 265 g/mol. The molecule has 0 aromatic heterocycles. The van der Waals surface area contributed by atoms with E-state index in [0.717, 1.165) is 0 Å². The average Bonchev–Trinajstić information content (AvgIpc) is 2.21. The lowest BCUT2D eigenvalue weighted by Crippen LogP contribution is -2.23. The second-order valence-corrected chi connectivity index (χ2v) is 3.76. The Kier molecular flexibility index (Phi) is 4.23. The van der Waals surface area contributed by atoms with E-state index in [4.69, 9.17) is 10.5 Å². The van der Waals surface area contributed by atoms with Crippen LogP contribution in [0.25, 0.3) is 0 Å². The standard InChI is InChI=1S/C10H11BrFNO2/c1-2-15-10(14)9(13)6-3-4-7(11)8(12)5-6/h3-5,9H,2,13H2,1H3. The van der Waals surface area contributed by atoms with Crippen LogP contribution in [0.15, 0.2) is 22.7 Å². The maximum absolute atomic E-state index is 13.1. The van der Waals surface area contributed by atoms with Gasteiger partial charge >= 0.3 is 5.97 Å². The molecule has 1 atom stereocenters. The zero-order chi connectivity index (χ0) is 11.4. The minimum atomic E-state index is -0.937. The molecule has 2 N–H and O–H groups in total. The summed E-state index contributed by atoms with van der Waals surface area (Å²) < 4.78 is 18.2. The maximum atomic E-state index is 13.1. The molecule has 82 valence electrons. The molecular formula is C10H11BrFNO2. The number of hydrogen-bond acceptors (Lipinski definition) is 3. The van der Waals surface area contributed by atoms with Crippen molar-refractivity contribution < 1.29 is 13.9 Å². The van der Waals surface area contributed by atoms with Gasteiger partial charge in [-0.1, -0.05) is 6.07 Å². The Morgan fingerprint density at radius 3 is 2.87 bits per heavy atom. The Morgan fingerprint density at radius 2 is 2.33 bits per heavy atom. The molecule has 1 unspecified atom stereocenters. The number of ether oxygens (including phenoxy) is 1. The highest BCUT2D eigenvalue weighted by molar-refractivity contribution is 9.10. The molecule has 0 aliphatic carbocycles. The van der Waals surface area contributed by atoms with Gasteiger partial charge in [-0.2, -0.15) is 0 Å². The monoisotopic (exact) mass is 275 g/mol. The van der Waals surface area contributed by atoms with E-state index in [1.54, 1.807) is 13.0 Å². The topological polar surface area (TPSA) is 52.3 Å². The van der Waals surface area contributed by atoms with Crippen molar-refractivity contribution in [3.8, 4) is 0 Å². The van der Waals surface area contributed by atoms with Gasteiger partial charge in [0.2, 0.25) is 0 Å². The lowest BCUT2D eigenvalue weighted by atomic mass is 10.1. The Hall–Kier alpha value is -0.940. The number of rotatable bonds is 3. The van der Waals surface area contributed by atoms with E-state index < -0.39 is 17.8 Å². The first-order valence-corrected chi connectivity index (χ1v) is 5.22. The highest BCUT2D eigenvalue weighted by Crippen LogP contribution is 2.20. The van der Waals surface area contributed by atoms with Crippen molar-refractivity contribution in [1.29, 1.82) is 0 Å². The first kappa shape index (κ1) is 12.1. The fourth-order valence-electron chi connectivity index (χ4n) is 1.07. The van der Waals surface area contributed by atoms with Crippen LogP contribution in [0.5, 0.6) is 0 Å². The largest absolute Gasteiger partial charge is 0.465 e. The second kappa shape index (κ2) is 5.23. The van der Waals surface area contributed by atoms with Gasteiger partial charge in [0.25, 0.3) is 0 Å². The van der Waals surface area contributed by atoms with Crippen LogP contribution < -0.4 is 5.73 Å².